The lowest BCUT2D eigenvalue weighted by Crippen LogP contribution is -2.40. The minimum Gasteiger partial charge on any atom is -0.396 e. The summed E-state index contributed by atoms with van der Waals surface area (Å²) in [6, 6.07) is 0. The molecule has 162 valence electrons. The summed E-state index contributed by atoms with van der Waals surface area (Å²) in [5.41, 5.74) is 2.96. The van der Waals surface area contributed by atoms with E-state index in [1.807, 2.05) is 32.5 Å². The molecule has 7 heteroatoms. The monoisotopic (exact) mass is 413 g/mol. The number of thioether (sulfide) groups is 1. The smallest absolute Gasteiger partial charge is 0.114 e. The molecule has 1 saturated carbocycles. The highest BCUT2D eigenvalue weighted by Crippen LogP contribution is 2.33. The molecule has 0 unspecified atom stereocenters. The second kappa shape index (κ2) is 14.7. The fraction of sp³-hybridized carbons (Fsp3) is 0.857. The maximum atomic E-state index is 5.48. The fourth-order valence-electron chi connectivity index (χ4n) is 3.59. The van der Waals surface area contributed by atoms with Gasteiger partial charge in [0.25, 0.3) is 0 Å². The molecule has 0 heterocycles. The van der Waals surface area contributed by atoms with E-state index >= 15 is 0 Å². The summed E-state index contributed by atoms with van der Waals surface area (Å²) in [7, 11) is 0. The SMILES string of the molecule is CCC/C(=N/OCC)C1/C(=N\OCC)CC(C[C@@H](C)SCC)C/C1=N/OCC. The largest absolute Gasteiger partial charge is 0.396 e. The summed E-state index contributed by atoms with van der Waals surface area (Å²) in [6.07, 6.45) is 4.76. The Labute approximate surface area is 175 Å². The summed E-state index contributed by atoms with van der Waals surface area (Å²) in [5.74, 6) is 1.53. The number of oxime groups is 3. The van der Waals surface area contributed by atoms with Crippen LogP contribution in [0.1, 0.15) is 73.6 Å². The van der Waals surface area contributed by atoms with Crippen LogP contribution in [0.15, 0.2) is 15.5 Å². The highest BCUT2D eigenvalue weighted by atomic mass is 32.2. The van der Waals surface area contributed by atoms with Gasteiger partial charge >= 0.3 is 0 Å². The Hall–Kier alpha value is -1.24. The Morgan fingerprint density at radius 1 is 0.964 bits per heavy atom. The Morgan fingerprint density at radius 3 is 2.00 bits per heavy atom. The van der Waals surface area contributed by atoms with Crippen molar-refractivity contribution in [3.05, 3.63) is 0 Å². The number of rotatable bonds is 13. The van der Waals surface area contributed by atoms with E-state index in [9.17, 15) is 0 Å². The Morgan fingerprint density at radius 2 is 1.54 bits per heavy atom. The molecule has 0 N–H and O–H groups in total. The first-order valence-corrected chi connectivity index (χ1v) is 11.8. The van der Waals surface area contributed by atoms with E-state index in [1.165, 1.54) is 0 Å². The summed E-state index contributed by atoms with van der Waals surface area (Å²) in [4.78, 5) is 16.4. The van der Waals surface area contributed by atoms with Crippen LogP contribution >= 0.6 is 11.8 Å². The van der Waals surface area contributed by atoms with E-state index < -0.39 is 0 Å². The van der Waals surface area contributed by atoms with Crippen LogP contribution in [0, 0.1) is 11.8 Å². The third kappa shape index (κ3) is 8.41. The molecule has 1 atom stereocenters. The quantitative estimate of drug-likeness (QED) is 0.294. The topological polar surface area (TPSA) is 64.8 Å². The normalized spacial score (nSPS) is 24.4. The summed E-state index contributed by atoms with van der Waals surface area (Å²) >= 11 is 2.00. The summed E-state index contributed by atoms with van der Waals surface area (Å²) < 4.78 is 0. The second-order valence-corrected chi connectivity index (χ2v) is 8.68. The highest BCUT2D eigenvalue weighted by Gasteiger charge is 2.37. The van der Waals surface area contributed by atoms with Gasteiger partial charge in [0.1, 0.15) is 19.8 Å². The summed E-state index contributed by atoms with van der Waals surface area (Å²) in [5, 5.41) is 14.0. The van der Waals surface area contributed by atoms with Crippen LogP contribution in [-0.4, -0.2) is 48.0 Å². The zero-order valence-electron chi connectivity index (χ0n) is 18.6. The third-order valence-electron chi connectivity index (χ3n) is 4.55. The van der Waals surface area contributed by atoms with Crippen molar-refractivity contribution in [3.8, 4) is 0 Å². The van der Waals surface area contributed by atoms with Crippen LogP contribution in [0.4, 0.5) is 0 Å². The van der Waals surface area contributed by atoms with Crippen LogP contribution in [0.3, 0.4) is 0 Å². The molecule has 1 aliphatic carbocycles. The predicted molar refractivity (Wildman–Crippen MR) is 121 cm³/mol. The van der Waals surface area contributed by atoms with Crippen LogP contribution in [0.25, 0.3) is 0 Å². The molecular formula is C21H39N3O3S. The van der Waals surface area contributed by atoms with Crippen molar-refractivity contribution >= 4 is 28.9 Å². The Bertz CT molecular complexity index is 497. The lowest BCUT2D eigenvalue weighted by Gasteiger charge is -2.32. The van der Waals surface area contributed by atoms with Gasteiger partial charge in [-0.15, -0.1) is 0 Å². The van der Waals surface area contributed by atoms with Gasteiger partial charge in [-0.25, -0.2) is 0 Å². The van der Waals surface area contributed by atoms with Crippen LogP contribution in [-0.2, 0) is 14.5 Å². The Balaban J connectivity index is 3.22. The van der Waals surface area contributed by atoms with Crippen molar-refractivity contribution in [1.29, 1.82) is 0 Å². The molecule has 28 heavy (non-hydrogen) atoms. The molecule has 1 aliphatic rings. The third-order valence-corrected chi connectivity index (χ3v) is 5.65. The van der Waals surface area contributed by atoms with Crippen LogP contribution < -0.4 is 0 Å². The minimum absolute atomic E-state index is 0.0880. The van der Waals surface area contributed by atoms with Gasteiger partial charge in [-0.05, 0) is 58.1 Å². The van der Waals surface area contributed by atoms with Gasteiger partial charge < -0.3 is 14.5 Å². The van der Waals surface area contributed by atoms with Crippen molar-refractivity contribution in [1.82, 2.24) is 0 Å². The zero-order valence-corrected chi connectivity index (χ0v) is 19.4. The van der Waals surface area contributed by atoms with Gasteiger partial charge in [-0.2, -0.15) is 11.8 Å². The molecule has 0 spiro atoms. The molecule has 0 radical (unpaired) electrons. The van der Waals surface area contributed by atoms with Crippen LogP contribution in [0.2, 0.25) is 0 Å². The van der Waals surface area contributed by atoms with Gasteiger partial charge in [0, 0.05) is 5.25 Å². The van der Waals surface area contributed by atoms with Crippen molar-refractivity contribution in [3.63, 3.8) is 0 Å². The summed E-state index contributed by atoms with van der Waals surface area (Å²) in [6.45, 7) is 14.2. The standard InChI is InChI=1S/C21H39N3O3S/c1-7-12-18(22-25-8-2)21-19(23-26-9-3)14-17(13-16(6)28-11-5)15-20(21)24-27-10-4/h16-17,21H,7-15H2,1-6H3/b22-18-,23-19-,24-20-/t16-,17?,21?/m1/s1. The number of nitrogens with zero attached hydrogens (tertiary/aromatic N) is 3. The van der Waals surface area contributed by atoms with Gasteiger partial charge in [-0.1, -0.05) is 42.7 Å². The predicted octanol–water partition coefficient (Wildman–Crippen LogP) is 5.52. The molecule has 0 aliphatic heterocycles. The molecule has 0 aromatic rings. The lowest BCUT2D eigenvalue weighted by atomic mass is 9.74. The van der Waals surface area contributed by atoms with Gasteiger partial charge in [0.15, 0.2) is 0 Å². The first kappa shape index (κ1) is 24.8. The molecule has 0 aromatic carbocycles. The molecule has 0 saturated heterocycles. The van der Waals surface area contributed by atoms with E-state index in [0.717, 1.165) is 55.0 Å². The second-order valence-electron chi connectivity index (χ2n) is 6.96. The molecule has 0 amide bonds. The average molecular weight is 414 g/mol. The molecule has 0 aromatic heterocycles. The van der Waals surface area contributed by atoms with Crippen molar-refractivity contribution < 1.29 is 14.5 Å². The molecule has 0 bridgehead atoms. The van der Waals surface area contributed by atoms with E-state index in [1.54, 1.807) is 0 Å². The highest BCUT2D eigenvalue weighted by molar-refractivity contribution is 7.99. The number of hydrogen-bond acceptors (Lipinski definition) is 7. The van der Waals surface area contributed by atoms with Gasteiger partial charge in [-0.3, -0.25) is 0 Å². The maximum Gasteiger partial charge on any atom is 0.114 e. The van der Waals surface area contributed by atoms with E-state index in [-0.39, 0.29) is 5.92 Å². The van der Waals surface area contributed by atoms with E-state index in [4.69, 9.17) is 14.5 Å². The van der Waals surface area contributed by atoms with Crippen molar-refractivity contribution in [2.24, 2.45) is 27.3 Å². The van der Waals surface area contributed by atoms with E-state index in [2.05, 4.69) is 36.2 Å². The zero-order chi connectivity index (χ0) is 20.8. The maximum absolute atomic E-state index is 5.48. The van der Waals surface area contributed by atoms with E-state index in [0.29, 0.717) is 31.0 Å². The molecule has 1 fully saturated rings. The molecular weight excluding hydrogens is 374 g/mol. The number of hydrogen-bond donors (Lipinski definition) is 0. The first-order chi connectivity index (χ1) is 13.6. The van der Waals surface area contributed by atoms with Crippen molar-refractivity contribution in [2.45, 2.75) is 78.9 Å². The Kier molecular flexibility index (Phi) is 13.0. The minimum atomic E-state index is -0.0880. The molecule has 1 rings (SSSR count). The van der Waals surface area contributed by atoms with Crippen LogP contribution in [0.5, 0.6) is 0 Å². The van der Waals surface area contributed by atoms with Gasteiger partial charge in [0.2, 0.25) is 0 Å². The average Bonchev–Trinajstić information content (AvgIpc) is 2.68. The lowest BCUT2D eigenvalue weighted by molar-refractivity contribution is 0.150. The van der Waals surface area contributed by atoms with Gasteiger partial charge in [0.05, 0.1) is 23.1 Å². The fourth-order valence-corrected chi connectivity index (χ4v) is 4.56. The first-order valence-electron chi connectivity index (χ1n) is 10.8. The van der Waals surface area contributed by atoms with Crippen molar-refractivity contribution in [2.75, 3.05) is 25.6 Å². The molecule has 6 nitrogen and oxygen atoms in total.